The minimum Gasteiger partial charge on any atom is -0.500 e. The van der Waals surface area contributed by atoms with Gasteiger partial charge in [0, 0.05) is 11.8 Å². The van der Waals surface area contributed by atoms with Gasteiger partial charge in [-0.3, -0.25) is 4.57 Å². The monoisotopic (exact) mass is 274 g/mol. The average Bonchev–Trinajstić information content (AvgIpc) is 2.38. The van der Waals surface area contributed by atoms with Crippen LogP contribution < -0.4 is 0 Å². The van der Waals surface area contributed by atoms with Crippen molar-refractivity contribution in [3.8, 4) is 0 Å². The topological polar surface area (TPSA) is 44.8 Å². The van der Waals surface area contributed by atoms with Gasteiger partial charge in [0.15, 0.2) is 0 Å². The zero-order valence-corrected chi connectivity index (χ0v) is 12.2. The summed E-state index contributed by atoms with van der Waals surface area (Å²) in [6.45, 7) is 5.22. The summed E-state index contributed by atoms with van der Waals surface area (Å²) in [5, 5.41) is 0.766. The molecule has 1 fully saturated rings. The van der Waals surface area contributed by atoms with E-state index >= 15 is 0 Å². The van der Waals surface area contributed by atoms with Gasteiger partial charge in [-0.05, 0) is 26.7 Å². The van der Waals surface area contributed by atoms with Crippen LogP contribution in [-0.2, 0) is 18.3 Å². The molecule has 1 aliphatic heterocycles. The van der Waals surface area contributed by atoms with Gasteiger partial charge < -0.3 is 13.8 Å². The number of fused-ring (bicyclic) bond motifs is 1. The van der Waals surface area contributed by atoms with Crippen LogP contribution >= 0.6 is 7.60 Å². The lowest BCUT2D eigenvalue weighted by Crippen LogP contribution is -2.29. The molecule has 0 aromatic carbocycles. The van der Waals surface area contributed by atoms with Gasteiger partial charge >= 0.3 is 7.60 Å². The summed E-state index contributed by atoms with van der Waals surface area (Å²) >= 11 is 0. The van der Waals surface area contributed by atoms with Crippen LogP contribution in [0.3, 0.4) is 0 Å². The smallest absolute Gasteiger partial charge is 0.360 e. The van der Waals surface area contributed by atoms with Crippen LogP contribution in [0.4, 0.5) is 0 Å². The SMILES string of the molecule is CCOP(=O)(OCC)C1=COCC2CCCCC12. The molecule has 0 amide bonds. The number of hydrogen-bond donors (Lipinski definition) is 0. The molecule has 2 rings (SSSR count). The third kappa shape index (κ3) is 2.81. The minimum absolute atomic E-state index is 0.316. The molecule has 0 radical (unpaired) electrons. The molecule has 5 heteroatoms. The van der Waals surface area contributed by atoms with Gasteiger partial charge in [0.25, 0.3) is 0 Å². The van der Waals surface area contributed by atoms with E-state index in [1.165, 1.54) is 12.8 Å². The maximum atomic E-state index is 12.8. The number of ether oxygens (including phenoxy) is 1. The van der Waals surface area contributed by atoms with E-state index in [0.717, 1.165) is 24.8 Å². The normalized spacial score (nSPS) is 28.2. The van der Waals surface area contributed by atoms with Crippen molar-refractivity contribution in [2.45, 2.75) is 39.5 Å². The van der Waals surface area contributed by atoms with Crippen molar-refractivity contribution in [2.75, 3.05) is 19.8 Å². The molecule has 0 N–H and O–H groups in total. The van der Waals surface area contributed by atoms with E-state index in [1.54, 1.807) is 6.26 Å². The maximum absolute atomic E-state index is 12.8. The van der Waals surface area contributed by atoms with Crippen LogP contribution in [0.15, 0.2) is 11.6 Å². The first-order valence-electron chi connectivity index (χ1n) is 6.92. The Morgan fingerprint density at radius 2 is 1.94 bits per heavy atom. The van der Waals surface area contributed by atoms with Gasteiger partial charge in [-0.2, -0.15) is 0 Å². The molecule has 0 bridgehead atoms. The van der Waals surface area contributed by atoms with Crippen molar-refractivity contribution >= 4 is 7.60 Å². The van der Waals surface area contributed by atoms with Crippen LogP contribution in [-0.4, -0.2) is 19.8 Å². The summed E-state index contributed by atoms with van der Waals surface area (Å²) in [6, 6.07) is 0. The predicted molar refractivity (Wildman–Crippen MR) is 70.3 cm³/mol. The van der Waals surface area contributed by atoms with Crippen LogP contribution in [0, 0.1) is 11.8 Å². The number of rotatable bonds is 5. The molecule has 0 saturated heterocycles. The Morgan fingerprint density at radius 1 is 1.28 bits per heavy atom. The second kappa shape index (κ2) is 6.23. The Bertz CT molecular complexity index is 343. The summed E-state index contributed by atoms with van der Waals surface area (Å²) in [7, 11) is -3.15. The molecule has 2 unspecified atom stereocenters. The molecule has 1 saturated carbocycles. The highest BCUT2D eigenvalue weighted by Gasteiger charge is 2.42. The standard InChI is InChI=1S/C13H23O4P/c1-3-16-18(14,17-4-2)13-10-15-9-11-7-5-6-8-12(11)13/h10-12H,3-9H2,1-2H3. The van der Waals surface area contributed by atoms with Crippen molar-refractivity contribution < 1.29 is 18.3 Å². The molecule has 4 nitrogen and oxygen atoms in total. The maximum Gasteiger partial charge on any atom is 0.360 e. The van der Waals surface area contributed by atoms with Gasteiger partial charge in [0.05, 0.1) is 31.4 Å². The number of hydrogen-bond acceptors (Lipinski definition) is 4. The first-order valence-corrected chi connectivity index (χ1v) is 8.47. The highest BCUT2D eigenvalue weighted by atomic mass is 31.2. The fraction of sp³-hybridized carbons (Fsp3) is 0.846. The van der Waals surface area contributed by atoms with Gasteiger partial charge in [-0.1, -0.05) is 12.8 Å². The summed E-state index contributed by atoms with van der Waals surface area (Å²) in [5.41, 5.74) is 0. The summed E-state index contributed by atoms with van der Waals surface area (Å²) in [5.74, 6) is 0.796. The van der Waals surface area contributed by atoms with Crippen molar-refractivity contribution in [2.24, 2.45) is 11.8 Å². The zero-order valence-electron chi connectivity index (χ0n) is 11.3. The van der Waals surface area contributed by atoms with Gasteiger partial charge in [0.1, 0.15) is 0 Å². The molecular weight excluding hydrogens is 251 g/mol. The molecular formula is C13H23O4P. The summed E-state index contributed by atoms with van der Waals surface area (Å²) in [4.78, 5) is 0. The third-order valence-electron chi connectivity index (χ3n) is 3.72. The van der Waals surface area contributed by atoms with Gasteiger partial charge in [0.2, 0.25) is 0 Å². The Labute approximate surface area is 109 Å². The van der Waals surface area contributed by atoms with E-state index in [-0.39, 0.29) is 0 Å². The third-order valence-corrected chi connectivity index (χ3v) is 5.98. The molecule has 1 heterocycles. The molecule has 0 spiro atoms. The molecule has 2 aliphatic rings. The lowest BCUT2D eigenvalue weighted by Gasteiger charge is -2.37. The largest absolute Gasteiger partial charge is 0.500 e. The highest BCUT2D eigenvalue weighted by Crippen LogP contribution is 2.62. The first kappa shape index (κ1) is 14.1. The molecule has 0 aromatic heterocycles. The summed E-state index contributed by atoms with van der Waals surface area (Å²) < 4.78 is 29.2. The Hall–Kier alpha value is -0.310. The predicted octanol–water partition coefficient (Wildman–Crippen LogP) is 3.93. The Balaban J connectivity index is 2.22. The molecule has 2 atom stereocenters. The van der Waals surface area contributed by atoms with E-state index in [9.17, 15) is 4.57 Å². The van der Waals surface area contributed by atoms with Crippen LogP contribution in [0.1, 0.15) is 39.5 Å². The molecule has 18 heavy (non-hydrogen) atoms. The zero-order chi connectivity index (χ0) is 13.0. The second-order valence-electron chi connectivity index (χ2n) is 4.86. The van der Waals surface area contributed by atoms with E-state index in [4.69, 9.17) is 13.8 Å². The fourth-order valence-corrected chi connectivity index (χ4v) is 4.94. The molecule has 1 aliphatic carbocycles. The van der Waals surface area contributed by atoms with Crippen molar-refractivity contribution in [3.63, 3.8) is 0 Å². The number of allylic oxidation sites excluding steroid dienone is 1. The van der Waals surface area contributed by atoms with E-state index in [1.807, 2.05) is 13.8 Å². The lowest BCUT2D eigenvalue weighted by molar-refractivity contribution is 0.105. The minimum atomic E-state index is -3.15. The van der Waals surface area contributed by atoms with Gasteiger partial charge in [-0.15, -0.1) is 0 Å². The highest BCUT2D eigenvalue weighted by molar-refractivity contribution is 7.58. The van der Waals surface area contributed by atoms with Crippen LogP contribution in [0.2, 0.25) is 0 Å². The first-order chi connectivity index (χ1) is 8.71. The van der Waals surface area contributed by atoms with Crippen molar-refractivity contribution in [1.82, 2.24) is 0 Å². The Morgan fingerprint density at radius 3 is 2.61 bits per heavy atom. The fourth-order valence-electron chi connectivity index (χ4n) is 2.93. The van der Waals surface area contributed by atoms with Gasteiger partial charge in [-0.25, -0.2) is 0 Å². The van der Waals surface area contributed by atoms with Crippen LogP contribution in [0.25, 0.3) is 0 Å². The molecule has 104 valence electrons. The Kier molecular flexibility index (Phi) is 4.88. The summed E-state index contributed by atoms with van der Waals surface area (Å²) in [6.07, 6.45) is 6.30. The average molecular weight is 274 g/mol. The van der Waals surface area contributed by atoms with Crippen molar-refractivity contribution in [3.05, 3.63) is 11.6 Å². The van der Waals surface area contributed by atoms with Crippen molar-refractivity contribution in [1.29, 1.82) is 0 Å². The van der Waals surface area contributed by atoms with E-state index < -0.39 is 7.60 Å². The second-order valence-corrected chi connectivity index (χ2v) is 6.89. The molecule has 0 aromatic rings. The lowest BCUT2D eigenvalue weighted by atomic mass is 9.79. The van der Waals surface area contributed by atoms with Crippen LogP contribution in [0.5, 0.6) is 0 Å². The quantitative estimate of drug-likeness (QED) is 0.712. The van der Waals surface area contributed by atoms with E-state index in [0.29, 0.717) is 25.0 Å². The van der Waals surface area contributed by atoms with E-state index in [2.05, 4.69) is 0 Å².